The molecule has 7 nitrogen and oxygen atoms in total. The van der Waals surface area contributed by atoms with Crippen LogP contribution in [0.25, 0.3) is 0 Å². The van der Waals surface area contributed by atoms with Gasteiger partial charge >= 0.3 is 0 Å². The highest BCUT2D eigenvalue weighted by Gasteiger charge is 2.18. The van der Waals surface area contributed by atoms with Gasteiger partial charge in [-0.1, -0.05) is 12.1 Å². The quantitative estimate of drug-likeness (QED) is 0.847. The van der Waals surface area contributed by atoms with Gasteiger partial charge in [0.1, 0.15) is 13.2 Å². The van der Waals surface area contributed by atoms with Gasteiger partial charge in [-0.25, -0.2) is 8.42 Å². The van der Waals surface area contributed by atoms with Crippen LogP contribution in [0.3, 0.4) is 0 Å². The molecule has 0 bridgehead atoms. The number of nitrogens with one attached hydrogen (secondary N) is 1. The number of amides is 1. The predicted octanol–water partition coefficient (Wildman–Crippen LogP) is 2.34. The Bertz CT molecular complexity index is 958. The second-order valence-electron chi connectivity index (χ2n) is 6.38. The molecule has 0 fully saturated rings. The van der Waals surface area contributed by atoms with Gasteiger partial charge in [-0.05, 0) is 42.8 Å². The van der Waals surface area contributed by atoms with Gasteiger partial charge in [0.15, 0.2) is 11.5 Å². The number of sulfonamides is 1. The molecule has 27 heavy (non-hydrogen) atoms. The van der Waals surface area contributed by atoms with Crippen molar-refractivity contribution in [3.8, 4) is 11.5 Å². The number of hydrogen-bond acceptors (Lipinski definition) is 5. The minimum Gasteiger partial charge on any atom is -0.486 e. The van der Waals surface area contributed by atoms with E-state index in [1.165, 1.54) is 7.05 Å². The fraction of sp³-hybridized carbons (Fsp3) is 0.316. The summed E-state index contributed by atoms with van der Waals surface area (Å²) in [5.41, 5.74) is 1.70. The molecular formula is C19H22N2O5S. The van der Waals surface area contributed by atoms with Crippen molar-refractivity contribution >= 4 is 21.6 Å². The van der Waals surface area contributed by atoms with Crippen molar-refractivity contribution in [1.82, 2.24) is 5.32 Å². The second-order valence-corrected chi connectivity index (χ2v) is 8.39. The van der Waals surface area contributed by atoms with Crippen molar-refractivity contribution < 1.29 is 22.7 Å². The monoisotopic (exact) mass is 390 g/mol. The Morgan fingerprint density at radius 3 is 2.52 bits per heavy atom. The Hall–Kier alpha value is -2.74. The van der Waals surface area contributed by atoms with Crippen LogP contribution in [-0.2, 0) is 10.0 Å². The largest absolute Gasteiger partial charge is 0.486 e. The zero-order valence-corrected chi connectivity index (χ0v) is 16.2. The van der Waals surface area contributed by atoms with Crippen LogP contribution in [0.5, 0.6) is 11.5 Å². The number of rotatable bonds is 5. The number of nitrogens with zero attached hydrogens (tertiary/aromatic N) is 1. The standard InChI is InChI=1S/C19H22N2O5S/c1-13(14-7-8-17-18(12-14)26-10-9-25-17)20-19(22)15-5-4-6-16(11-15)21(2)27(3,23)24/h4-8,11-13H,9-10H2,1-3H3,(H,20,22)/t13-/m1/s1. The molecule has 0 saturated carbocycles. The topological polar surface area (TPSA) is 84.9 Å². The molecule has 3 rings (SSSR count). The Labute approximate surface area is 158 Å². The van der Waals surface area contributed by atoms with E-state index in [0.29, 0.717) is 36.0 Å². The van der Waals surface area contributed by atoms with Gasteiger partial charge in [0.25, 0.3) is 5.91 Å². The minimum absolute atomic E-state index is 0.260. The summed E-state index contributed by atoms with van der Waals surface area (Å²) in [6, 6.07) is 11.8. The lowest BCUT2D eigenvalue weighted by atomic mass is 10.1. The van der Waals surface area contributed by atoms with Gasteiger partial charge in [0.05, 0.1) is 18.0 Å². The SMILES string of the molecule is C[C@@H](NC(=O)c1cccc(N(C)S(C)(=O)=O)c1)c1ccc2c(c1)OCCO2. The van der Waals surface area contributed by atoms with Gasteiger partial charge in [-0.3, -0.25) is 9.10 Å². The number of carbonyl (C=O) groups excluding carboxylic acids is 1. The highest BCUT2D eigenvalue weighted by molar-refractivity contribution is 7.92. The molecule has 0 radical (unpaired) electrons. The number of benzene rings is 2. The third-order valence-electron chi connectivity index (χ3n) is 4.38. The Morgan fingerprint density at radius 2 is 1.81 bits per heavy atom. The summed E-state index contributed by atoms with van der Waals surface area (Å²) in [4.78, 5) is 12.6. The number of anilines is 1. The van der Waals surface area contributed by atoms with Crippen LogP contribution in [0, 0.1) is 0 Å². The van der Waals surface area contributed by atoms with E-state index in [4.69, 9.17) is 9.47 Å². The molecule has 1 atom stereocenters. The molecule has 0 aliphatic carbocycles. The van der Waals surface area contributed by atoms with E-state index in [9.17, 15) is 13.2 Å². The van der Waals surface area contributed by atoms with E-state index in [1.807, 2.05) is 25.1 Å². The van der Waals surface area contributed by atoms with Crippen molar-refractivity contribution in [3.05, 3.63) is 53.6 Å². The number of fused-ring (bicyclic) bond motifs is 1. The number of carbonyl (C=O) groups is 1. The van der Waals surface area contributed by atoms with Crippen molar-refractivity contribution in [1.29, 1.82) is 0 Å². The van der Waals surface area contributed by atoms with Gasteiger partial charge in [-0.15, -0.1) is 0 Å². The molecule has 1 amide bonds. The summed E-state index contributed by atoms with van der Waals surface area (Å²) in [5, 5.41) is 2.92. The summed E-state index contributed by atoms with van der Waals surface area (Å²) < 4.78 is 35.6. The average Bonchev–Trinajstić information content (AvgIpc) is 2.66. The Kier molecular flexibility index (Phi) is 5.27. The molecule has 0 unspecified atom stereocenters. The van der Waals surface area contributed by atoms with Gasteiger partial charge in [-0.2, -0.15) is 0 Å². The Morgan fingerprint density at radius 1 is 1.11 bits per heavy atom. The lowest BCUT2D eigenvalue weighted by molar-refractivity contribution is 0.0939. The molecule has 1 N–H and O–H groups in total. The maximum Gasteiger partial charge on any atom is 0.251 e. The number of ether oxygens (including phenoxy) is 2. The van der Waals surface area contributed by atoms with E-state index in [1.54, 1.807) is 24.3 Å². The van der Waals surface area contributed by atoms with Crippen LogP contribution < -0.4 is 19.1 Å². The molecule has 0 aromatic heterocycles. The molecular weight excluding hydrogens is 368 g/mol. The van der Waals surface area contributed by atoms with Gasteiger partial charge in [0.2, 0.25) is 10.0 Å². The number of hydrogen-bond donors (Lipinski definition) is 1. The summed E-state index contributed by atoms with van der Waals surface area (Å²) in [6.07, 6.45) is 1.11. The summed E-state index contributed by atoms with van der Waals surface area (Å²) >= 11 is 0. The predicted molar refractivity (Wildman–Crippen MR) is 103 cm³/mol. The second kappa shape index (κ2) is 7.48. The summed E-state index contributed by atoms with van der Waals surface area (Å²) in [7, 11) is -1.95. The minimum atomic E-state index is -3.40. The van der Waals surface area contributed by atoms with Crippen LogP contribution in [0.4, 0.5) is 5.69 Å². The molecule has 0 spiro atoms. The van der Waals surface area contributed by atoms with E-state index in [2.05, 4.69) is 5.32 Å². The third-order valence-corrected chi connectivity index (χ3v) is 5.59. The van der Waals surface area contributed by atoms with E-state index < -0.39 is 10.0 Å². The van der Waals surface area contributed by atoms with Gasteiger partial charge < -0.3 is 14.8 Å². The first-order chi connectivity index (χ1) is 12.8. The third kappa shape index (κ3) is 4.33. The van der Waals surface area contributed by atoms with Crippen LogP contribution in [0.2, 0.25) is 0 Å². The van der Waals surface area contributed by atoms with Crippen molar-refractivity contribution in [2.45, 2.75) is 13.0 Å². The fourth-order valence-electron chi connectivity index (χ4n) is 2.73. The lowest BCUT2D eigenvalue weighted by Gasteiger charge is -2.21. The molecule has 2 aromatic carbocycles. The zero-order chi connectivity index (χ0) is 19.6. The first-order valence-electron chi connectivity index (χ1n) is 8.50. The summed E-state index contributed by atoms with van der Waals surface area (Å²) in [5.74, 6) is 1.07. The molecule has 2 aromatic rings. The van der Waals surface area contributed by atoms with E-state index >= 15 is 0 Å². The highest BCUT2D eigenvalue weighted by Crippen LogP contribution is 2.32. The molecule has 1 aliphatic rings. The molecule has 144 valence electrons. The zero-order valence-electron chi connectivity index (χ0n) is 15.4. The molecule has 1 heterocycles. The average molecular weight is 390 g/mol. The molecule has 1 aliphatic heterocycles. The van der Waals surface area contributed by atoms with Crippen LogP contribution in [0.15, 0.2) is 42.5 Å². The smallest absolute Gasteiger partial charge is 0.251 e. The van der Waals surface area contributed by atoms with Crippen molar-refractivity contribution in [2.75, 3.05) is 30.8 Å². The molecule has 0 saturated heterocycles. The highest BCUT2D eigenvalue weighted by atomic mass is 32.2. The maximum absolute atomic E-state index is 12.6. The Balaban J connectivity index is 1.75. The maximum atomic E-state index is 12.6. The van der Waals surface area contributed by atoms with Crippen molar-refractivity contribution in [2.24, 2.45) is 0 Å². The summed E-state index contributed by atoms with van der Waals surface area (Å²) in [6.45, 7) is 2.89. The van der Waals surface area contributed by atoms with E-state index in [0.717, 1.165) is 16.1 Å². The van der Waals surface area contributed by atoms with Crippen LogP contribution in [-0.4, -0.2) is 40.8 Å². The normalized spacial score (nSPS) is 14.3. The first-order valence-corrected chi connectivity index (χ1v) is 10.3. The van der Waals surface area contributed by atoms with Crippen molar-refractivity contribution in [3.63, 3.8) is 0 Å². The van der Waals surface area contributed by atoms with Crippen LogP contribution >= 0.6 is 0 Å². The van der Waals surface area contributed by atoms with E-state index in [-0.39, 0.29) is 11.9 Å². The van der Waals surface area contributed by atoms with Gasteiger partial charge in [0, 0.05) is 12.6 Å². The fourth-order valence-corrected chi connectivity index (χ4v) is 3.22. The van der Waals surface area contributed by atoms with Crippen LogP contribution in [0.1, 0.15) is 28.9 Å². The lowest BCUT2D eigenvalue weighted by Crippen LogP contribution is -2.28. The molecule has 8 heteroatoms. The first kappa shape index (κ1) is 19.0.